The molecule has 16 heavy (non-hydrogen) atoms. The molecule has 4 nitrogen and oxygen atoms in total. The van der Waals surface area contributed by atoms with Crippen LogP contribution in [-0.4, -0.2) is 21.2 Å². The van der Waals surface area contributed by atoms with Gasteiger partial charge in [0.15, 0.2) is 0 Å². The van der Waals surface area contributed by atoms with E-state index >= 15 is 0 Å². The van der Waals surface area contributed by atoms with E-state index in [1.54, 1.807) is 0 Å². The van der Waals surface area contributed by atoms with Crippen LogP contribution in [0.5, 0.6) is 0 Å². The van der Waals surface area contributed by atoms with Crippen LogP contribution in [0.1, 0.15) is 17.5 Å². The van der Waals surface area contributed by atoms with Gasteiger partial charge in [0, 0.05) is 6.54 Å². The van der Waals surface area contributed by atoms with E-state index in [0.717, 1.165) is 24.0 Å². The third-order valence-electron chi connectivity index (χ3n) is 2.82. The Labute approximate surface area is 96.1 Å². The van der Waals surface area contributed by atoms with Crippen LogP contribution >= 0.6 is 0 Å². The average molecular weight is 240 g/mol. The smallest absolute Gasteiger partial charge is 0.232 e. The van der Waals surface area contributed by atoms with Gasteiger partial charge >= 0.3 is 0 Å². The molecule has 0 aromatic heterocycles. The monoisotopic (exact) mass is 240 g/mol. The molecule has 88 valence electrons. The van der Waals surface area contributed by atoms with Gasteiger partial charge < -0.3 is 5.73 Å². The second-order valence-electron chi connectivity index (χ2n) is 4.30. The minimum absolute atomic E-state index is 0.527. The predicted octanol–water partition coefficient (Wildman–Crippen LogP) is 1.29. The largest absolute Gasteiger partial charge is 0.397 e. The first-order chi connectivity index (χ1) is 7.39. The topological polar surface area (TPSA) is 63.4 Å². The van der Waals surface area contributed by atoms with Gasteiger partial charge in [-0.3, -0.25) is 4.31 Å². The molecule has 1 aromatic rings. The number of hydrogen-bond acceptors (Lipinski definition) is 3. The van der Waals surface area contributed by atoms with E-state index < -0.39 is 10.0 Å². The summed E-state index contributed by atoms with van der Waals surface area (Å²) in [7, 11) is -3.22. The number of hydrogen-bond donors (Lipinski definition) is 1. The van der Waals surface area contributed by atoms with Crippen molar-refractivity contribution in [3.63, 3.8) is 0 Å². The number of nitrogen functional groups attached to an aromatic ring is 1. The Balaban J connectivity index is 2.63. The molecule has 0 saturated heterocycles. The molecule has 0 radical (unpaired) electrons. The molecule has 0 spiro atoms. The van der Waals surface area contributed by atoms with E-state index in [4.69, 9.17) is 5.73 Å². The molecule has 1 aromatic carbocycles. The summed E-state index contributed by atoms with van der Waals surface area (Å²) in [5.41, 5.74) is 9.27. The minimum atomic E-state index is -3.22. The van der Waals surface area contributed by atoms with Crippen LogP contribution in [0, 0.1) is 6.92 Å². The van der Waals surface area contributed by atoms with E-state index in [1.807, 2.05) is 19.1 Å². The molecular formula is C11H16N2O2S. The van der Waals surface area contributed by atoms with E-state index in [1.165, 1.54) is 10.6 Å². The van der Waals surface area contributed by atoms with Gasteiger partial charge in [0.2, 0.25) is 10.0 Å². The highest BCUT2D eigenvalue weighted by Crippen LogP contribution is 2.35. The number of nitrogens with two attached hydrogens (primary N) is 1. The lowest BCUT2D eigenvalue weighted by Crippen LogP contribution is -2.35. The Hall–Kier alpha value is -1.23. The van der Waals surface area contributed by atoms with Crippen molar-refractivity contribution in [2.75, 3.05) is 22.8 Å². The lowest BCUT2D eigenvalue weighted by Gasteiger charge is -2.30. The second-order valence-corrected chi connectivity index (χ2v) is 6.21. The van der Waals surface area contributed by atoms with Crippen molar-refractivity contribution in [1.82, 2.24) is 0 Å². The lowest BCUT2D eigenvalue weighted by atomic mass is 10.00. The Morgan fingerprint density at radius 1 is 1.38 bits per heavy atom. The van der Waals surface area contributed by atoms with Gasteiger partial charge in [0.05, 0.1) is 17.6 Å². The SMILES string of the molecule is Cc1cc(N)c2c(c1)CCCN2S(C)(=O)=O. The number of benzene rings is 1. The molecule has 0 unspecified atom stereocenters. The third-order valence-corrected chi connectivity index (χ3v) is 3.99. The molecule has 2 N–H and O–H groups in total. The molecule has 0 bridgehead atoms. The summed E-state index contributed by atoms with van der Waals surface area (Å²) in [5.74, 6) is 0. The number of anilines is 2. The number of aryl methyl sites for hydroxylation is 2. The summed E-state index contributed by atoms with van der Waals surface area (Å²) < 4.78 is 24.7. The van der Waals surface area contributed by atoms with Crippen LogP contribution in [-0.2, 0) is 16.4 Å². The van der Waals surface area contributed by atoms with Crippen LogP contribution in [0.15, 0.2) is 12.1 Å². The number of nitrogens with zero attached hydrogens (tertiary/aromatic N) is 1. The third kappa shape index (κ3) is 1.87. The fraction of sp³-hybridized carbons (Fsp3) is 0.455. The van der Waals surface area contributed by atoms with Crippen molar-refractivity contribution in [2.24, 2.45) is 0 Å². The van der Waals surface area contributed by atoms with Crippen LogP contribution < -0.4 is 10.0 Å². The van der Waals surface area contributed by atoms with Crippen molar-refractivity contribution in [3.8, 4) is 0 Å². The van der Waals surface area contributed by atoms with Crippen molar-refractivity contribution < 1.29 is 8.42 Å². The Morgan fingerprint density at radius 2 is 2.06 bits per heavy atom. The first kappa shape index (κ1) is 11.3. The maximum absolute atomic E-state index is 11.7. The van der Waals surface area contributed by atoms with Crippen LogP contribution in [0.3, 0.4) is 0 Å². The highest BCUT2D eigenvalue weighted by Gasteiger charge is 2.26. The molecule has 0 saturated carbocycles. The summed E-state index contributed by atoms with van der Waals surface area (Å²) in [5, 5.41) is 0. The second kappa shape index (κ2) is 3.66. The fourth-order valence-electron chi connectivity index (χ4n) is 2.24. The Morgan fingerprint density at radius 3 is 2.69 bits per heavy atom. The quantitative estimate of drug-likeness (QED) is 0.752. The lowest BCUT2D eigenvalue weighted by molar-refractivity contribution is 0.592. The zero-order valence-corrected chi connectivity index (χ0v) is 10.3. The normalized spacial score (nSPS) is 16.0. The molecule has 1 aliphatic rings. The standard InChI is InChI=1S/C11H16N2O2S/c1-8-6-9-4-3-5-13(16(2,14)15)11(9)10(12)7-8/h6-7H,3-5,12H2,1-2H3. The van der Waals surface area contributed by atoms with Crippen LogP contribution in [0.4, 0.5) is 11.4 Å². The molecule has 1 aliphatic heterocycles. The summed E-state index contributed by atoms with van der Waals surface area (Å²) in [6.45, 7) is 2.50. The molecular weight excluding hydrogens is 224 g/mol. The van der Waals surface area contributed by atoms with Crippen molar-refractivity contribution in [3.05, 3.63) is 23.3 Å². The van der Waals surface area contributed by atoms with E-state index in [0.29, 0.717) is 17.9 Å². The van der Waals surface area contributed by atoms with E-state index in [9.17, 15) is 8.42 Å². The highest BCUT2D eigenvalue weighted by molar-refractivity contribution is 7.92. The first-order valence-corrected chi connectivity index (χ1v) is 7.11. The van der Waals surface area contributed by atoms with Gasteiger partial charge in [-0.2, -0.15) is 0 Å². The summed E-state index contributed by atoms with van der Waals surface area (Å²) in [6.07, 6.45) is 2.97. The molecule has 0 amide bonds. The molecule has 0 atom stereocenters. The summed E-state index contributed by atoms with van der Waals surface area (Å²) >= 11 is 0. The van der Waals surface area contributed by atoms with Crippen LogP contribution in [0.25, 0.3) is 0 Å². The van der Waals surface area contributed by atoms with E-state index in [2.05, 4.69) is 0 Å². The molecule has 1 heterocycles. The summed E-state index contributed by atoms with van der Waals surface area (Å²) in [6, 6.07) is 3.84. The van der Waals surface area contributed by atoms with Crippen molar-refractivity contribution in [2.45, 2.75) is 19.8 Å². The van der Waals surface area contributed by atoms with Crippen LogP contribution in [0.2, 0.25) is 0 Å². The van der Waals surface area contributed by atoms with Gasteiger partial charge in [-0.15, -0.1) is 0 Å². The molecule has 2 rings (SSSR count). The number of rotatable bonds is 1. The number of sulfonamides is 1. The zero-order valence-electron chi connectivity index (χ0n) is 9.53. The van der Waals surface area contributed by atoms with Crippen molar-refractivity contribution >= 4 is 21.4 Å². The molecule has 5 heteroatoms. The minimum Gasteiger partial charge on any atom is -0.397 e. The van der Waals surface area contributed by atoms with E-state index in [-0.39, 0.29) is 0 Å². The Bertz CT molecular complexity index is 523. The summed E-state index contributed by atoms with van der Waals surface area (Å²) in [4.78, 5) is 0. The van der Waals surface area contributed by atoms with Gasteiger partial charge in [0.1, 0.15) is 0 Å². The average Bonchev–Trinajstić information content (AvgIpc) is 2.14. The fourth-order valence-corrected chi connectivity index (χ4v) is 3.25. The number of fused-ring (bicyclic) bond motifs is 1. The van der Waals surface area contributed by atoms with Gasteiger partial charge in [-0.25, -0.2) is 8.42 Å². The predicted molar refractivity (Wildman–Crippen MR) is 66.1 cm³/mol. The maximum Gasteiger partial charge on any atom is 0.232 e. The first-order valence-electron chi connectivity index (χ1n) is 5.26. The van der Waals surface area contributed by atoms with Gasteiger partial charge in [-0.1, -0.05) is 6.07 Å². The maximum atomic E-state index is 11.7. The van der Waals surface area contributed by atoms with Gasteiger partial charge in [0.25, 0.3) is 0 Å². The van der Waals surface area contributed by atoms with Gasteiger partial charge in [-0.05, 0) is 37.0 Å². The Kier molecular flexibility index (Phi) is 2.58. The molecule has 0 aliphatic carbocycles. The molecule has 0 fully saturated rings. The zero-order chi connectivity index (χ0) is 11.9. The highest BCUT2D eigenvalue weighted by atomic mass is 32.2. The van der Waals surface area contributed by atoms with Crippen molar-refractivity contribution in [1.29, 1.82) is 0 Å².